The summed E-state index contributed by atoms with van der Waals surface area (Å²) in [5.74, 6) is 1.75. The molecule has 2 aromatic rings. The van der Waals surface area contributed by atoms with E-state index in [0.29, 0.717) is 13.2 Å². The summed E-state index contributed by atoms with van der Waals surface area (Å²) >= 11 is 0. The molecule has 0 bridgehead atoms. The van der Waals surface area contributed by atoms with Gasteiger partial charge in [-0.15, -0.1) is 0 Å². The molecule has 0 fully saturated rings. The van der Waals surface area contributed by atoms with E-state index < -0.39 is 0 Å². The summed E-state index contributed by atoms with van der Waals surface area (Å²) in [5, 5.41) is 3.23. The maximum atomic E-state index is 5.53. The molecule has 0 aliphatic rings. The van der Waals surface area contributed by atoms with E-state index in [4.69, 9.17) is 9.15 Å². The Labute approximate surface area is 107 Å². The lowest BCUT2D eigenvalue weighted by Crippen LogP contribution is -2.02. The molecule has 2 rings (SSSR count). The highest BCUT2D eigenvalue weighted by Gasteiger charge is 1.98. The number of hydrogen-bond donors (Lipinski definition) is 1. The quantitative estimate of drug-likeness (QED) is 0.815. The highest BCUT2D eigenvalue weighted by molar-refractivity contribution is 5.35. The third-order valence-electron chi connectivity index (χ3n) is 2.47. The molecule has 2 heterocycles. The van der Waals surface area contributed by atoms with Gasteiger partial charge in [0.1, 0.15) is 18.2 Å². The molecule has 2 aromatic heterocycles. The van der Waals surface area contributed by atoms with Crippen LogP contribution in [-0.4, -0.2) is 11.5 Å². The van der Waals surface area contributed by atoms with Gasteiger partial charge in [0.25, 0.3) is 0 Å². The molecule has 0 radical (unpaired) electrons. The van der Waals surface area contributed by atoms with Gasteiger partial charge >= 0.3 is 0 Å². The standard InChI is InChI=1S/C14H18N2O2/c1-2-7-15-14-6-5-12(9-16-14)10-17-11-13-4-3-8-18-13/h3-6,8-9H,2,7,10-11H2,1H3,(H,15,16). The number of rotatable bonds is 7. The average Bonchev–Trinajstić information content (AvgIpc) is 2.91. The lowest BCUT2D eigenvalue weighted by Gasteiger charge is -2.05. The summed E-state index contributed by atoms with van der Waals surface area (Å²) in [6, 6.07) is 7.75. The summed E-state index contributed by atoms with van der Waals surface area (Å²) in [7, 11) is 0. The fourth-order valence-electron chi connectivity index (χ4n) is 1.53. The van der Waals surface area contributed by atoms with E-state index in [1.165, 1.54) is 0 Å². The van der Waals surface area contributed by atoms with Crippen molar-refractivity contribution in [2.75, 3.05) is 11.9 Å². The summed E-state index contributed by atoms with van der Waals surface area (Å²) in [5.41, 5.74) is 1.06. The molecule has 0 spiro atoms. The first kappa shape index (κ1) is 12.6. The van der Waals surface area contributed by atoms with E-state index in [1.807, 2.05) is 30.5 Å². The second-order valence-electron chi connectivity index (χ2n) is 4.05. The van der Waals surface area contributed by atoms with Crippen LogP contribution in [0.15, 0.2) is 41.1 Å². The number of furan rings is 1. The maximum Gasteiger partial charge on any atom is 0.129 e. The van der Waals surface area contributed by atoms with Crippen molar-refractivity contribution in [3.05, 3.63) is 48.0 Å². The van der Waals surface area contributed by atoms with E-state index >= 15 is 0 Å². The second kappa shape index (κ2) is 6.81. The first-order valence-electron chi connectivity index (χ1n) is 6.17. The van der Waals surface area contributed by atoms with Crippen LogP contribution in [0.5, 0.6) is 0 Å². The Balaban J connectivity index is 1.75. The molecule has 0 aliphatic heterocycles. The van der Waals surface area contributed by atoms with Crippen molar-refractivity contribution in [3.8, 4) is 0 Å². The lowest BCUT2D eigenvalue weighted by molar-refractivity contribution is 0.0928. The zero-order valence-electron chi connectivity index (χ0n) is 10.6. The van der Waals surface area contributed by atoms with Crippen LogP contribution in [-0.2, 0) is 18.0 Å². The molecule has 0 amide bonds. The smallest absolute Gasteiger partial charge is 0.129 e. The molecular weight excluding hydrogens is 228 g/mol. The molecule has 1 N–H and O–H groups in total. The van der Waals surface area contributed by atoms with Gasteiger partial charge in [0.05, 0.1) is 12.9 Å². The van der Waals surface area contributed by atoms with Crippen LogP contribution in [0.2, 0.25) is 0 Å². The van der Waals surface area contributed by atoms with E-state index in [2.05, 4.69) is 17.2 Å². The van der Waals surface area contributed by atoms with Crippen molar-refractivity contribution in [1.82, 2.24) is 4.98 Å². The van der Waals surface area contributed by atoms with Crippen LogP contribution in [0.4, 0.5) is 5.82 Å². The van der Waals surface area contributed by atoms with Crippen molar-refractivity contribution in [2.45, 2.75) is 26.6 Å². The van der Waals surface area contributed by atoms with Crippen LogP contribution in [0.3, 0.4) is 0 Å². The van der Waals surface area contributed by atoms with Crippen LogP contribution in [0.1, 0.15) is 24.7 Å². The number of ether oxygens (including phenoxy) is 1. The van der Waals surface area contributed by atoms with E-state index in [1.54, 1.807) is 6.26 Å². The first-order valence-corrected chi connectivity index (χ1v) is 6.17. The van der Waals surface area contributed by atoms with Crippen molar-refractivity contribution >= 4 is 5.82 Å². The van der Waals surface area contributed by atoms with Gasteiger partial charge < -0.3 is 14.5 Å². The summed E-state index contributed by atoms with van der Waals surface area (Å²) in [6.45, 7) is 4.11. The Morgan fingerprint density at radius 1 is 1.28 bits per heavy atom. The van der Waals surface area contributed by atoms with E-state index in [-0.39, 0.29) is 0 Å². The average molecular weight is 246 g/mol. The predicted octanol–water partition coefficient (Wildman–Crippen LogP) is 3.21. The van der Waals surface area contributed by atoms with Crippen molar-refractivity contribution < 1.29 is 9.15 Å². The Bertz CT molecular complexity index is 437. The molecule has 0 saturated carbocycles. The van der Waals surface area contributed by atoms with Crippen LogP contribution < -0.4 is 5.32 Å². The number of nitrogens with zero attached hydrogens (tertiary/aromatic N) is 1. The minimum atomic E-state index is 0.489. The number of anilines is 1. The summed E-state index contributed by atoms with van der Waals surface area (Å²) in [4.78, 5) is 4.32. The molecule has 0 unspecified atom stereocenters. The van der Waals surface area contributed by atoms with Gasteiger partial charge in [-0.2, -0.15) is 0 Å². The number of aromatic nitrogens is 1. The van der Waals surface area contributed by atoms with E-state index in [0.717, 1.165) is 30.1 Å². The number of pyridine rings is 1. The Kier molecular flexibility index (Phi) is 4.78. The van der Waals surface area contributed by atoms with Gasteiger partial charge in [0.15, 0.2) is 0 Å². The van der Waals surface area contributed by atoms with Gasteiger partial charge in [-0.1, -0.05) is 13.0 Å². The zero-order valence-corrected chi connectivity index (χ0v) is 10.6. The fourth-order valence-corrected chi connectivity index (χ4v) is 1.53. The van der Waals surface area contributed by atoms with Crippen LogP contribution in [0, 0.1) is 0 Å². The largest absolute Gasteiger partial charge is 0.467 e. The zero-order chi connectivity index (χ0) is 12.6. The third kappa shape index (κ3) is 3.89. The van der Waals surface area contributed by atoms with E-state index in [9.17, 15) is 0 Å². The van der Waals surface area contributed by atoms with Crippen molar-refractivity contribution in [3.63, 3.8) is 0 Å². The SMILES string of the molecule is CCCNc1ccc(COCc2ccco2)cn1. The third-order valence-corrected chi connectivity index (χ3v) is 2.47. The minimum Gasteiger partial charge on any atom is -0.467 e. The summed E-state index contributed by atoms with van der Waals surface area (Å²) < 4.78 is 10.7. The monoisotopic (exact) mass is 246 g/mol. The normalized spacial score (nSPS) is 10.5. The maximum absolute atomic E-state index is 5.53. The molecule has 4 nitrogen and oxygen atoms in total. The Morgan fingerprint density at radius 3 is 2.89 bits per heavy atom. The highest BCUT2D eigenvalue weighted by Crippen LogP contribution is 2.08. The molecule has 0 aromatic carbocycles. The number of hydrogen-bond acceptors (Lipinski definition) is 4. The molecule has 0 atom stereocenters. The first-order chi connectivity index (χ1) is 8.88. The predicted molar refractivity (Wildman–Crippen MR) is 70.2 cm³/mol. The van der Waals surface area contributed by atoms with Crippen molar-refractivity contribution in [1.29, 1.82) is 0 Å². The van der Waals surface area contributed by atoms with Gasteiger partial charge in [-0.3, -0.25) is 0 Å². The molecule has 96 valence electrons. The Morgan fingerprint density at radius 2 is 2.22 bits per heavy atom. The molecule has 4 heteroatoms. The van der Waals surface area contributed by atoms with Gasteiger partial charge in [0.2, 0.25) is 0 Å². The highest BCUT2D eigenvalue weighted by atomic mass is 16.5. The van der Waals surface area contributed by atoms with Gasteiger partial charge in [-0.05, 0) is 30.2 Å². The van der Waals surface area contributed by atoms with Crippen molar-refractivity contribution in [2.24, 2.45) is 0 Å². The molecule has 18 heavy (non-hydrogen) atoms. The van der Waals surface area contributed by atoms with Crippen LogP contribution >= 0.6 is 0 Å². The van der Waals surface area contributed by atoms with Crippen LogP contribution in [0.25, 0.3) is 0 Å². The topological polar surface area (TPSA) is 47.3 Å². The lowest BCUT2D eigenvalue weighted by atomic mass is 10.3. The minimum absolute atomic E-state index is 0.489. The van der Waals surface area contributed by atoms with Gasteiger partial charge in [-0.25, -0.2) is 4.98 Å². The molecule has 0 saturated heterocycles. The second-order valence-corrected chi connectivity index (χ2v) is 4.05. The fraction of sp³-hybridized carbons (Fsp3) is 0.357. The Hall–Kier alpha value is -1.81. The van der Waals surface area contributed by atoms with Gasteiger partial charge in [0, 0.05) is 12.7 Å². The molecule has 0 aliphatic carbocycles. The molecular formula is C14H18N2O2. The number of nitrogens with one attached hydrogen (secondary N) is 1. The summed E-state index contributed by atoms with van der Waals surface area (Å²) in [6.07, 6.45) is 4.57.